The van der Waals surface area contributed by atoms with Crippen LogP contribution in [0.3, 0.4) is 0 Å². The molecule has 2 saturated heterocycles. The molecule has 160 valence electrons. The minimum absolute atomic E-state index is 0.00947. The van der Waals surface area contributed by atoms with Crippen molar-refractivity contribution in [2.24, 2.45) is 5.41 Å². The van der Waals surface area contributed by atoms with Crippen LogP contribution < -0.4 is 0 Å². The number of hydrogen-bond donors (Lipinski definition) is 0. The number of carbonyl (C=O) groups is 2. The third-order valence-electron chi connectivity index (χ3n) is 6.00. The van der Waals surface area contributed by atoms with E-state index in [0.29, 0.717) is 6.42 Å². The molecule has 0 unspecified atom stereocenters. The van der Waals surface area contributed by atoms with E-state index in [4.69, 9.17) is 0 Å². The van der Waals surface area contributed by atoms with Gasteiger partial charge in [0, 0.05) is 37.4 Å². The van der Waals surface area contributed by atoms with Gasteiger partial charge < -0.3 is 9.80 Å². The van der Waals surface area contributed by atoms with Crippen LogP contribution in [-0.2, 0) is 10.2 Å². The van der Waals surface area contributed by atoms with Gasteiger partial charge in [0.15, 0.2) is 0 Å². The number of benzene rings is 1. The molecule has 3 rings (SSSR count). The molecular formula is C24H36N2O2S. The van der Waals surface area contributed by atoms with Gasteiger partial charge in [-0.25, -0.2) is 0 Å². The Bertz CT molecular complexity index is 751. The van der Waals surface area contributed by atoms with Crippen molar-refractivity contribution >= 4 is 23.6 Å². The molecule has 2 fully saturated rings. The predicted octanol–water partition coefficient (Wildman–Crippen LogP) is 4.93. The first-order valence-electron chi connectivity index (χ1n) is 10.8. The molecule has 0 aliphatic carbocycles. The SMILES string of the molecule is CC(C)(C)CC(=O)N1CCC2(CC1)SCCN2C(=O)c1ccc(C(C)(C)C)cc1. The number of amides is 2. The number of likely N-dealkylation sites (tertiary alicyclic amines) is 1. The summed E-state index contributed by atoms with van der Waals surface area (Å²) in [7, 11) is 0. The number of piperidine rings is 1. The minimum atomic E-state index is -0.154. The zero-order valence-corrected chi connectivity index (χ0v) is 19.7. The van der Waals surface area contributed by atoms with Gasteiger partial charge in [0.2, 0.25) is 5.91 Å². The molecule has 2 amide bonds. The van der Waals surface area contributed by atoms with Gasteiger partial charge in [0.1, 0.15) is 0 Å². The number of thioether (sulfide) groups is 1. The van der Waals surface area contributed by atoms with Crippen molar-refractivity contribution in [3.63, 3.8) is 0 Å². The molecule has 0 atom stereocenters. The normalized spacial score (nSPS) is 19.7. The highest BCUT2D eigenvalue weighted by molar-refractivity contribution is 8.00. The minimum Gasteiger partial charge on any atom is -0.342 e. The second-order valence-electron chi connectivity index (χ2n) is 10.7. The highest BCUT2D eigenvalue weighted by Gasteiger charge is 2.47. The van der Waals surface area contributed by atoms with Crippen LogP contribution in [0.25, 0.3) is 0 Å². The molecule has 5 heteroatoms. The van der Waals surface area contributed by atoms with E-state index in [9.17, 15) is 9.59 Å². The Morgan fingerprint density at radius 2 is 1.55 bits per heavy atom. The van der Waals surface area contributed by atoms with Crippen molar-refractivity contribution in [1.82, 2.24) is 9.80 Å². The third kappa shape index (κ3) is 4.99. The van der Waals surface area contributed by atoms with Gasteiger partial charge in [0.05, 0.1) is 4.87 Å². The van der Waals surface area contributed by atoms with Gasteiger partial charge in [-0.3, -0.25) is 9.59 Å². The van der Waals surface area contributed by atoms with Crippen molar-refractivity contribution in [3.8, 4) is 0 Å². The second kappa shape index (κ2) is 7.98. The topological polar surface area (TPSA) is 40.6 Å². The molecule has 2 heterocycles. The van der Waals surface area contributed by atoms with Crippen LogP contribution in [-0.4, -0.2) is 51.9 Å². The Morgan fingerprint density at radius 1 is 0.966 bits per heavy atom. The Balaban J connectivity index is 1.69. The molecule has 0 N–H and O–H groups in total. The summed E-state index contributed by atoms with van der Waals surface area (Å²) in [6.07, 6.45) is 2.30. The first-order chi connectivity index (χ1) is 13.4. The number of carbonyl (C=O) groups excluding carboxylic acids is 2. The van der Waals surface area contributed by atoms with E-state index in [1.165, 1.54) is 5.56 Å². The highest BCUT2D eigenvalue weighted by Crippen LogP contribution is 2.44. The lowest BCUT2D eigenvalue weighted by Crippen LogP contribution is -2.53. The first-order valence-corrected chi connectivity index (χ1v) is 11.7. The van der Waals surface area contributed by atoms with Gasteiger partial charge in [0.25, 0.3) is 5.91 Å². The van der Waals surface area contributed by atoms with Crippen molar-refractivity contribution < 1.29 is 9.59 Å². The largest absolute Gasteiger partial charge is 0.342 e. The summed E-state index contributed by atoms with van der Waals surface area (Å²) < 4.78 is 0. The molecule has 2 aliphatic heterocycles. The maximum atomic E-state index is 13.3. The third-order valence-corrected chi connectivity index (χ3v) is 7.55. The predicted molar refractivity (Wildman–Crippen MR) is 121 cm³/mol. The van der Waals surface area contributed by atoms with E-state index in [-0.39, 0.29) is 27.5 Å². The summed E-state index contributed by atoms with van der Waals surface area (Å²) >= 11 is 1.90. The van der Waals surface area contributed by atoms with Crippen LogP contribution in [0, 0.1) is 5.41 Å². The summed E-state index contributed by atoms with van der Waals surface area (Å²) in [5.41, 5.74) is 2.10. The van der Waals surface area contributed by atoms with Gasteiger partial charge in [-0.05, 0) is 41.4 Å². The van der Waals surface area contributed by atoms with E-state index >= 15 is 0 Å². The quantitative estimate of drug-likeness (QED) is 0.686. The highest BCUT2D eigenvalue weighted by atomic mass is 32.2. The fourth-order valence-corrected chi connectivity index (χ4v) is 5.70. The van der Waals surface area contributed by atoms with Crippen LogP contribution in [0.5, 0.6) is 0 Å². The van der Waals surface area contributed by atoms with Crippen LogP contribution in [0.4, 0.5) is 0 Å². The zero-order chi connectivity index (χ0) is 21.4. The molecule has 2 aliphatic rings. The molecule has 0 bridgehead atoms. The average molecular weight is 417 g/mol. The van der Waals surface area contributed by atoms with Gasteiger partial charge in [-0.1, -0.05) is 53.7 Å². The standard InChI is InChI=1S/C24H36N2O2S/c1-22(2,3)17-20(27)25-13-11-24(12-14-25)26(15-16-29-24)21(28)18-7-9-19(10-8-18)23(4,5)6/h7-10H,11-17H2,1-6H3. The van der Waals surface area contributed by atoms with Crippen molar-refractivity contribution in [2.45, 2.75) is 71.1 Å². The molecule has 4 nitrogen and oxygen atoms in total. The van der Waals surface area contributed by atoms with Crippen LogP contribution >= 0.6 is 11.8 Å². The molecule has 1 spiro atoms. The Morgan fingerprint density at radius 3 is 2.07 bits per heavy atom. The van der Waals surface area contributed by atoms with Gasteiger partial charge in [-0.15, -0.1) is 11.8 Å². The monoisotopic (exact) mass is 416 g/mol. The molecular weight excluding hydrogens is 380 g/mol. The van der Waals surface area contributed by atoms with Crippen molar-refractivity contribution in [2.75, 3.05) is 25.4 Å². The van der Waals surface area contributed by atoms with Crippen LogP contribution in [0.15, 0.2) is 24.3 Å². The molecule has 29 heavy (non-hydrogen) atoms. The first kappa shape index (κ1) is 22.2. The maximum Gasteiger partial charge on any atom is 0.254 e. The Kier molecular flexibility index (Phi) is 6.11. The van der Waals surface area contributed by atoms with Gasteiger partial charge in [-0.2, -0.15) is 0 Å². The van der Waals surface area contributed by atoms with E-state index in [1.54, 1.807) is 0 Å². The second-order valence-corrected chi connectivity index (χ2v) is 12.2. The Labute approximate surface area is 180 Å². The molecule has 1 aromatic carbocycles. The molecule has 0 saturated carbocycles. The van der Waals surface area contributed by atoms with E-state index in [1.807, 2.05) is 28.8 Å². The molecule has 1 aromatic rings. The number of hydrogen-bond acceptors (Lipinski definition) is 3. The summed E-state index contributed by atoms with van der Waals surface area (Å²) in [6.45, 7) is 15.2. The smallest absolute Gasteiger partial charge is 0.254 e. The van der Waals surface area contributed by atoms with E-state index < -0.39 is 0 Å². The molecule has 0 radical (unpaired) electrons. The number of rotatable bonds is 2. The fraction of sp³-hybridized carbons (Fsp3) is 0.667. The summed E-state index contributed by atoms with van der Waals surface area (Å²) in [6, 6.07) is 8.11. The van der Waals surface area contributed by atoms with Crippen molar-refractivity contribution in [3.05, 3.63) is 35.4 Å². The lowest BCUT2D eigenvalue weighted by atomic mass is 9.86. The van der Waals surface area contributed by atoms with E-state index in [2.05, 4.69) is 58.6 Å². The summed E-state index contributed by atoms with van der Waals surface area (Å²) in [5.74, 6) is 1.35. The van der Waals surface area contributed by atoms with E-state index in [0.717, 1.165) is 43.8 Å². The van der Waals surface area contributed by atoms with Crippen LogP contribution in [0.1, 0.15) is 76.7 Å². The maximum absolute atomic E-state index is 13.3. The molecule has 0 aromatic heterocycles. The summed E-state index contributed by atoms with van der Waals surface area (Å²) in [5, 5.41) is 0. The summed E-state index contributed by atoms with van der Waals surface area (Å²) in [4.78, 5) is 29.8. The lowest BCUT2D eigenvalue weighted by molar-refractivity contribution is -0.134. The fourth-order valence-electron chi connectivity index (χ4n) is 4.25. The van der Waals surface area contributed by atoms with Crippen LogP contribution in [0.2, 0.25) is 0 Å². The Hall–Kier alpha value is -1.49. The van der Waals surface area contributed by atoms with Gasteiger partial charge >= 0.3 is 0 Å². The zero-order valence-electron chi connectivity index (χ0n) is 18.9. The lowest BCUT2D eigenvalue weighted by Gasteiger charge is -2.44. The number of nitrogens with zero attached hydrogens (tertiary/aromatic N) is 2. The van der Waals surface area contributed by atoms with Crippen molar-refractivity contribution in [1.29, 1.82) is 0 Å². The average Bonchev–Trinajstić information content (AvgIpc) is 3.02.